The highest BCUT2D eigenvalue weighted by Gasteiger charge is 2.41. The number of aliphatic hydroxyl groups is 1. The van der Waals surface area contributed by atoms with Gasteiger partial charge in [0.25, 0.3) is 0 Å². The minimum atomic E-state index is -1.15. The largest absolute Gasteiger partial charge is 0.480 e. The fraction of sp³-hybridized carbons (Fsp3) is 0.400. The number of carboxylic acid groups (broad SMARTS) is 1. The summed E-state index contributed by atoms with van der Waals surface area (Å²) >= 11 is 0. The average Bonchev–Trinajstić information content (AvgIpc) is 3.35. The highest BCUT2D eigenvalue weighted by molar-refractivity contribution is 5.86. The summed E-state index contributed by atoms with van der Waals surface area (Å²) in [7, 11) is 0. The molecule has 2 unspecified atom stereocenters. The van der Waals surface area contributed by atoms with Crippen LogP contribution in [0.15, 0.2) is 48.5 Å². The van der Waals surface area contributed by atoms with Crippen LogP contribution in [0.5, 0.6) is 0 Å². The molecule has 3 N–H and O–H groups in total. The summed E-state index contributed by atoms with van der Waals surface area (Å²) in [5.74, 6) is -2.33. The van der Waals surface area contributed by atoms with Gasteiger partial charge in [-0.15, -0.1) is 0 Å². The lowest BCUT2D eigenvalue weighted by atomic mass is 9.98. The summed E-state index contributed by atoms with van der Waals surface area (Å²) in [6.45, 7) is 3.43. The van der Waals surface area contributed by atoms with Crippen molar-refractivity contribution >= 4 is 18.0 Å². The van der Waals surface area contributed by atoms with E-state index in [1.54, 1.807) is 13.8 Å². The van der Waals surface area contributed by atoms with Crippen molar-refractivity contribution < 1.29 is 29.3 Å². The van der Waals surface area contributed by atoms with Crippen molar-refractivity contribution in [2.75, 3.05) is 13.2 Å². The second kappa shape index (κ2) is 9.23. The molecule has 4 atom stereocenters. The quantitative estimate of drug-likeness (QED) is 0.620. The molecule has 2 aliphatic rings. The van der Waals surface area contributed by atoms with Crippen molar-refractivity contribution in [1.29, 1.82) is 0 Å². The first-order valence-electron chi connectivity index (χ1n) is 11.1. The van der Waals surface area contributed by atoms with Crippen LogP contribution >= 0.6 is 0 Å². The Morgan fingerprint density at radius 1 is 1.06 bits per heavy atom. The normalized spacial score (nSPS) is 21.1. The fourth-order valence-electron chi connectivity index (χ4n) is 4.72. The van der Waals surface area contributed by atoms with Gasteiger partial charge in [-0.25, -0.2) is 9.59 Å². The number of ether oxygens (including phenoxy) is 1. The Morgan fingerprint density at radius 3 is 2.21 bits per heavy atom. The van der Waals surface area contributed by atoms with Gasteiger partial charge in [-0.3, -0.25) is 4.79 Å². The number of rotatable bonds is 6. The topological polar surface area (TPSA) is 116 Å². The lowest BCUT2D eigenvalue weighted by molar-refractivity contribution is -0.150. The lowest BCUT2D eigenvalue weighted by Gasteiger charge is -2.28. The van der Waals surface area contributed by atoms with E-state index in [2.05, 4.69) is 17.4 Å². The SMILES string of the molecule is CC(NC(=O)OCC1c2ccccc2-c2ccccc21)C(C)C(=O)N1C[C@H](O)C[C@@H]1C(=O)O. The zero-order chi connectivity index (χ0) is 23.7. The number of carbonyl (C=O) groups is 3. The summed E-state index contributed by atoms with van der Waals surface area (Å²) in [5, 5.41) is 21.8. The van der Waals surface area contributed by atoms with Gasteiger partial charge in [0.1, 0.15) is 12.6 Å². The highest BCUT2D eigenvalue weighted by Crippen LogP contribution is 2.44. The zero-order valence-corrected chi connectivity index (χ0v) is 18.6. The van der Waals surface area contributed by atoms with Gasteiger partial charge in [0, 0.05) is 24.9 Å². The number of likely N-dealkylation sites (tertiary alicyclic amines) is 1. The van der Waals surface area contributed by atoms with Gasteiger partial charge in [-0.2, -0.15) is 0 Å². The monoisotopic (exact) mass is 452 g/mol. The van der Waals surface area contributed by atoms with Crippen LogP contribution in [0.2, 0.25) is 0 Å². The van der Waals surface area contributed by atoms with Crippen molar-refractivity contribution in [2.24, 2.45) is 5.92 Å². The molecular weight excluding hydrogens is 424 g/mol. The summed E-state index contributed by atoms with van der Waals surface area (Å²) < 4.78 is 5.53. The smallest absolute Gasteiger partial charge is 0.407 e. The molecule has 174 valence electrons. The molecule has 0 spiro atoms. The molecule has 0 radical (unpaired) electrons. The molecule has 1 fully saturated rings. The third kappa shape index (κ3) is 4.43. The number of hydrogen-bond donors (Lipinski definition) is 3. The van der Waals surface area contributed by atoms with Crippen molar-refractivity contribution in [3.63, 3.8) is 0 Å². The first-order valence-corrected chi connectivity index (χ1v) is 11.1. The third-order valence-corrected chi connectivity index (χ3v) is 6.68. The minimum Gasteiger partial charge on any atom is -0.480 e. The third-order valence-electron chi connectivity index (χ3n) is 6.68. The zero-order valence-electron chi connectivity index (χ0n) is 18.6. The van der Waals surface area contributed by atoms with E-state index in [0.29, 0.717) is 0 Å². The fourth-order valence-corrected chi connectivity index (χ4v) is 4.72. The number of aliphatic carboxylic acids is 1. The first kappa shape index (κ1) is 22.8. The predicted octanol–water partition coefficient (Wildman–Crippen LogP) is 2.60. The number of amides is 2. The molecule has 2 amide bonds. The van der Waals surface area contributed by atoms with E-state index >= 15 is 0 Å². The van der Waals surface area contributed by atoms with Gasteiger partial charge in [-0.05, 0) is 29.2 Å². The minimum absolute atomic E-state index is 0.00197. The summed E-state index contributed by atoms with van der Waals surface area (Å²) in [6.07, 6.45) is -1.50. The molecule has 0 saturated carbocycles. The Balaban J connectivity index is 1.36. The van der Waals surface area contributed by atoms with Crippen LogP contribution in [0.3, 0.4) is 0 Å². The van der Waals surface area contributed by atoms with E-state index < -0.39 is 42.1 Å². The molecular formula is C25H28N2O6. The molecule has 8 nitrogen and oxygen atoms in total. The van der Waals surface area contributed by atoms with Crippen LogP contribution in [0, 0.1) is 5.92 Å². The number of hydrogen-bond acceptors (Lipinski definition) is 5. The molecule has 0 aromatic heterocycles. The maximum Gasteiger partial charge on any atom is 0.407 e. The average molecular weight is 453 g/mol. The van der Waals surface area contributed by atoms with Gasteiger partial charge in [0.05, 0.1) is 12.0 Å². The highest BCUT2D eigenvalue weighted by atomic mass is 16.5. The Bertz CT molecular complexity index is 1020. The lowest BCUT2D eigenvalue weighted by Crippen LogP contribution is -2.49. The van der Waals surface area contributed by atoms with E-state index in [1.165, 1.54) is 4.90 Å². The van der Waals surface area contributed by atoms with Gasteiger partial charge in [0.2, 0.25) is 5.91 Å². The predicted molar refractivity (Wildman–Crippen MR) is 121 cm³/mol. The number of β-amino-alcohol motifs (C(OH)–C–C–N with tert-alkyl or cyclic N) is 1. The number of fused-ring (bicyclic) bond motifs is 3. The summed E-state index contributed by atoms with van der Waals surface area (Å²) in [4.78, 5) is 37.9. The number of nitrogens with one attached hydrogen (secondary N) is 1. The van der Waals surface area contributed by atoms with Gasteiger partial charge < -0.3 is 25.2 Å². The van der Waals surface area contributed by atoms with E-state index in [1.807, 2.05) is 36.4 Å². The molecule has 2 aromatic carbocycles. The molecule has 1 aliphatic carbocycles. The van der Waals surface area contributed by atoms with Gasteiger partial charge in [0.15, 0.2) is 0 Å². The Labute approximate surface area is 192 Å². The van der Waals surface area contributed by atoms with Crippen molar-refractivity contribution in [1.82, 2.24) is 10.2 Å². The molecule has 1 aliphatic heterocycles. The van der Waals surface area contributed by atoms with Crippen LogP contribution in [0.4, 0.5) is 4.79 Å². The van der Waals surface area contributed by atoms with E-state index in [0.717, 1.165) is 22.3 Å². The van der Waals surface area contributed by atoms with Crippen LogP contribution in [-0.2, 0) is 14.3 Å². The second-order valence-corrected chi connectivity index (χ2v) is 8.78. The molecule has 1 saturated heterocycles. The van der Waals surface area contributed by atoms with E-state index in [4.69, 9.17) is 4.74 Å². The number of carbonyl (C=O) groups excluding carboxylic acids is 2. The Morgan fingerprint density at radius 2 is 1.64 bits per heavy atom. The number of aliphatic hydroxyl groups excluding tert-OH is 1. The molecule has 4 rings (SSSR count). The molecule has 2 aromatic rings. The summed E-state index contributed by atoms with van der Waals surface area (Å²) in [6, 6.07) is 14.4. The number of carboxylic acids is 1. The maximum absolute atomic E-state index is 12.8. The van der Waals surface area contributed by atoms with Crippen LogP contribution in [0.25, 0.3) is 11.1 Å². The first-order chi connectivity index (χ1) is 15.8. The number of alkyl carbamates (subject to hydrolysis) is 1. The second-order valence-electron chi connectivity index (χ2n) is 8.78. The van der Waals surface area contributed by atoms with Crippen molar-refractivity contribution in [3.8, 4) is 11.1 Å². The van der Waals surface area contributed by atoms with Crippen LogP contribution in [-0.4, -0.2) is 64.4 Å². The standard InChI is InChI=1S/C25H28N2O6/c1-14(23(29)27-12-16(28)11-22(27)24(30)31)15(2)26-25(32)33-13-21-19-9-5-3-7-17(19)18-8-4-6-10-20(18)21/h3-10,14-16,21-22,28H,11-13H2,1-2H3,(H,26,32)(H,30,31)/t14?,15?,16-,22-/m1/s1. The number of benzene rings is 2. The van der Waals surface area contributed by atoms with Crippen molar-refractivity contribution in [2.45, 2.75) is 44.4 Å². The Hall–Kier alpha value is -3.39. The molecule has 0 bridgehead atoms. The molecule has 8 heteroatoms. The van der Waals surface area contributed by atoms with Crippen molar-refractivity contribution in [3.05, 3.63) is 59.7 Å². The molecule has 33 heavy (non-hydrogen) atoms. The van der Waals surface area contributed by atoms with Gasteiger partial charge >= 0.3 is 12.1 Å². The summed E-state index contributed by atoms with van der Waals surface area (Å²) in [5.41, 5.74) is 4.48. The van der Waals surface area contributed by atoms with Gasteiger partial charge in [-0.1, -0.05) is 55.5 Å². The van der Waals surface area contributed by atoms with Crippen LogP contribution in [0.1, 0.15) is 37.3 Å². The van der Waals surface area contributed by atoms with E-state index in [9.17, 15) is 24.6 Å². The van der Waals surface area contributed by atoms with Crippen LogP contribution < -0.4 is 5.32 Å². The molecule has 1 heterocycles. The number of nitrogens with zero attached hydrogens (tertiary/aromatic N) is 1. The van der Waals surface area contributed by atoms with E-state index in [-0.39, 0.29) is 25.5 Å². The maximum atomic E-state index is 12.8. The Kier molecular flexibility index (Phi) is 6.37.